The van der Waals surface area contributed by atoms with Crippen LogP contribution in [-0.4, -0.2) is 32.0 Å². The Morgan fingerprint density at radius 3 is 2.69 bits per heavy atom. The fourth-order valence-electron chi connectivity index (χ4n) is 2.93. The first kappa shape index (κ1) is 17.9. The number of carbonyl (C=O) groups is 1. The van der Waals surface area contributed by atoms with E-state index in [0.29, 0.717) is 18.7 Å². The zero-order valence-electron chi connectivity index (χ0n) is 15.5. The molecule has 2 aromatic heterocycles. The average Bonchev–Trinajstić information content (AvgIpc) is 3.20. The number of amides is 1. The van der Waals surface area contributed by atoms with Gasteiger partial charge in [0.1, 0.15) is 0 Å². The van der Waals surface area contributed by atoms with Crippen LogP contribution in [0.4, 0.5) is 0 Å². The van der Waals surface area contributed by atoms with E-state index >= 15 is 0 Å². The van der Waals surface area contributed by atoms with Crippen LogP contribution in [0.5, 0.6) is 0 Å². The maximum Gasteiger partial charge on any atom is 0.254 e. The minimum absolute atomic E-state index is 0.0930. The van der Waals surface area contributed by atoms with Crippen molar-refractivity contribution in [2.45, 2.75) is 33.9 Å². The van der Waals surface area contributed by atoms with Gasteiger partial charge in [0, 0.05) is 25.0 Å². The minimum atomic E-state index is -0.0930. The fourth-order valence-corrected chi connectivity index (χ4v) is 2.93. The normalized spacial score (nSPS) is 12.1. The van der Waals surface area contributed by atoms with E-state index in [4.69, 9.17) is 0 Å². The molecule has 0 aliphatic carbocycles. The molecule has 3 aromatic rings. The lowest BCUT2D eigenvalue weighted by Gasteiger charge is -2.13. The van der Waals surface area contributed by atoms with Crippen LogP contribution < -0.4 is 5.32 Å². The zero-order valence-corrected chi connectivity index (χ0v) is 15.5. The van der Waals surface area contributed by atoms with Gasteiger partial charge in [-0.2, -0.15) is 10.2 Å². The van der Waals surface area contributed by atoms with Crippen LogP contribution in [0, 0.1) is 19.8 Å². The predicted molar refractivity (Wildman–Crippen MR) is 101 cm³/mol. The summed E-state index contributed by atoms with van der Waals surface area (Å²) in [5.74, 6) is 0.195. The van der Waals surface area contributed by atoms with Crippen molar-refractivity contribution in [1.29, 1.82) is 0 Å². The molecule has 0 aliphatic heterocycles. The highest BCUT2D eigenvalue weighted by Crippen LogP contribution is 2.07. The van der Waals surface area contributed by atoms with Crippen molar-refractivity contribution in [3.05, 3.63) is 71.3 Å². The van der Waals surface area contributed by atoms with E-state index in [1.54, 1.807) is 17.1 Å². The van der Waals surface area contributed by atoms with Gasteiger partial charge < -0.3 is 5.32 Å². The summed E-state index contributed by atoms with van der Waals surface area (Å²) in [5, 5.41) is 11.7. The number of carbonyl (C=O) groups excluding carboxylic acids is 1. The SMILES string of the molecule is Cc1cc(C)n(CC(C)CNC(=O)c2cnn(Cc3ccccc3)c2)n1. The third kappa shape index (κ3) is 4.59. The molecular formula is C20H25N5O. The van der Waals surface area contributed by atoms with E-state index < -0.39 is 0 Å². The van der Waals surface area contributed by atoms with Crippen LogP contribution in [0.1, 0.15) is 34.2 Å². The van der Waals surface area contributed by atoms with Gasteiger partial charge in [-0.1, -0.05) is 37.3 Å². The fraction of sp³-hybridized carbons (Fsp3) is 0.350. The summed E-state index contributed by atoms with van der Waals surface area (Å²) in [6.07, 6.45) is 3.40. The topological polar surface area (TPSA) is 64.7 Å². The van der Waals surface area contributed by atoms with Crippen molar-refractivity contribution in [2.24, 2.45) is 5.92 Å². The third-order valence-corrected chi connectivity index (χ3v) is 4.28. The zero-order chi connectivity index (χ0) is 18.5. The van der Waals surface area contributed by atoms with Gasteiger partial charge in [0.2, 0.25) is 0 Å². The molecular weight excluding hydrogens is 326 g/mol. The number of hydrogen-bond acceptors (Lipinski definition) is 3. The second-order valence-corrected chi connectivity index (χ2v) is 6.84. The predicted octanol–water partition coefficient (Wildman–Crippen LogP) is 2.81. The van der Waals surface area contributed by atoms with E-state index in [1.165, 1.54) is 0 Å². The molecule has 1 unspecified atom stereocenters. The number of nitrogens with zero attached hydrogens (tertiary/aromatic N) is 4. The smallest absolute Gasteiger partial charge is 0.254 e. The Balaban J connectivity index is 1.51. The lowest BCUT2D eigenvalue weighted by Crippen LogP contribution is -2.30. The Kier molecular flexibility index (Phi) is 5.51. The summed E-state index contributed by atoms with van der Waals surface area (Å²) in [5.41, 5.74) is 3.90. The van der Waals surface area contributed by atoms with Gasteiger partial charge in [0.25, 0.3) is 5.91 Å². The summed E-state index contributed by atoms with van der Waals surface area (Å²) in [7, 11) is 0. The van der Waals surface area contributed by atoms with Crippen molar-refractivity contribution in [3.8, 4) is 0 Å². The van der Waals surface area contributed by atoms with E-state index in [1.807, 2.05) is 48.9 Å². The minimum Gasteiger partial charge on any atom is -0.352 e. The van der Waals surface area contributed by atoms with Crippen LogP contribution >= 0.6 is 0 Å². The second kappa shape index (κ2) is 7.99. The molecule has 136 valence electrons. The molecule has 0 saturated carbocycles. The Labute approximate surface area is 153 Å². The largest absolute Gasteiger partial charge is 0.352 e. The van der Waals surface area contributed by atoms with E-state index in [0.717, 1.165) is 23.5 Å². The monoisotopic (exact) mass is 351 g/mol. The van der Waals surface area contributed by atoms with Crippen molar-refractivity contribution in [1.82, 2.24) is 24.9 Å². The third-order valence-electron chi connectivity index (χ3n) is 4.28. The van der Waals surface area contributed by atoms with Crippen molar-refractivity contribution >= 4 is 5.91 Å². The van der Waals surface area contributed by atoms with Gasteiger partial charge in [0.15, 0.2) is 0 Å². The molecule has 0 radical (unpaired) electrons. The standard InChI is InChI=1S/C20H25N5O/c1-15(12-25-17(3)9-16(2)23-25)10-21-20(26)19-11-22-24(14-19)13-18-7-5-4-6-8-18/h4-9,11,14-15H,10,12-13H2,1-3H3,(H,21,26). The van der Waals surface area contributed by atoms with E-state index in [9.17, 15) is 4.79 Å². The average molecular weight is 351 g/mol. The van der Waals surface area contributed by atoms with Gasteiger partial charge in [-0.15, -0.1) is 0 Å². The van der Waals surface area contributed by atoms with Crippen LogP contribution in [0.2, 0.25) is 0 Å². The number of rotatable bonds is 7. The Morgan fingerprint density at radius 2 is 2.00 bits per heavy atom. The maximum absolute atomic E-state index is 12.4. The molecule has 3 rings (SSSR count). The number of nitrogens with one attached hydrogen (secondary N) is 1. The van der Waals surface area contributed by atoms with Gasteiger partial charge in [-0.05, 0) is 31.4 Å². The maximum atomic E-state index is 12.4. The summed E-state index contributed by atoms with van der Waals surface area (Å²) in [6, 6.07) is 12.1. The van der Waals surface area contributed by atoms with Crippen molar-refractivity contribution < 1.29 is 4.79 Å². The number of hydrogen-bond donors (Lipinski definition) is 1. The summed E-state index contributed by atoms with van der Waals surface area (Å²) >= 11 is 0. The van der Waals surface area contributed by atoms with Gasteiger partial charge in [-0.25, -0.2) is 0 Å². The van der Waals surface area contributed by atoms with Gasteiger partial charge in [-0.3, -0.25) is 14.2 Å². The lowest BCUT2D eigenvalue weighted by atomic mass is 10.1. The number of aryl methyl sites for hydroxylation is 2. The first-order valence-corrected chi connectivity index (χ1v) is 8.87. The highest BCUT2D eigenvalue weighted by Gasteiger charge is 2.12. The molecule has 1 amide bonds. The molecule has 0 saturated heterocycles. The lowest BCUT2D eigenvalue weighted by molar-refractivity contribution is 0.0946. The molecule has 1 N–H and O–H groups in total. The summed E-state index contributed by atoms with van der Waals surface area (Å²) in [4.78, 5) is 12.4. The van der Waals surface area contributed by atoms with E-state index in [2.05, 4.69) is 28.5 Å². The molecule has 6 heteroatoms. The van der Waals surface area contributed by atoms with Crippen molar-refractivity contribution in [3.63, 3.8) is 0 Å². The quantitative estimate of drug-likeness (QED) is 0.712. The van der Waals surface area contributed by atoms with Crippen LogP contribution in [0.25, 0.3) is 0 Å². The highest BCUT2D eigenvalue weighted by molar-refractivity contribution is 5.93. The van der Waals surface area contributed by atoms with Crippen LogP contribution in [-0.2, 0) is 13.1 Å². The van der Waals surface area contributed by atoms with E-state index in [-0.39, 0.29) is 11.8 Å². The van der Waals surface area contributed by atoms with Gasteiger partial charge in [0.05, 0.1) is 24.0 Å². The van der Waals surface area contributed by atoms with Gasteiger partial charge >= 0.3 is 0 Å². The molecule has 1 atom stereocenters. The Morgan fingerprint density at radius 1 is 1.23 bits per heavy atom. The molecule has 0 bridgehead atoms. The Bertz CT molecular complexity index is 865. The summed E-state index contributed by atoms with van der Waals surface area (Å²) in [6.45, 7) is 8.18. The molecule has 6 nitrogen and oxygen atoms in total. The molecule has 0 aliphatic rings. The second-order valence-electron chi connectivity index (χ2n) is 6.84. The first-order chi connectivity index (χ1) is 12.5. The number of aromatic nitrogens is 4. The molecule has 26 heavy (non-hydrogen) atoms. The highest BCUT2D eigenvalue weighted by atomic mass is 16.1. The molecule has 2 heterocycles. The van der Waals surface area contributed by atoms with Crippen LogP contribution in [0.15, 0.2) is 48.8 Å². The molecule has 0 fully saturated rings. The van der Waals surface area contributed by atoms with Crippen LogP contribution in [0.3, 0.4) is 0 Å². The molecule has 0 spiro atoms. The Hall–Kier alpha value is -2.89. The molecule has 1 aromatic carbocycles. The summed E-state index contributed by atoms with van der Waals surface area (Å²) < 4.78 is 3.77. The van der Waals surface area contributed by atoms with Crippen molar-refractivity contribution in [2.75, 3.05) is 6.54 Å². The first-order valence-electron chi connectivity index (χ1n) is 8.87. The number of benzene rings is 1.